The van der Waals surface area contributed by atoms with Gasteiger partial charge in [-0.25, -0.2) is 0 Å². The van der Waals surface area contributed by atoms with Crippen molar-refractivity contribution in [2.45, 2.75) is 20.3 Å². The molecule has 0 aromatic carbocycles. The number of rotatable bonds is 1. The first-order valence-electron chi connectivity index (χ1n) is 4.31. The van der Waals surface area contributed by atoms with Gasteiger partial charge in [-0.05, 0) is 6.92 Å². The number of fused-ring (bicyclic) bond motifs is 1. The maximum absolute atomic E-state index is 11.3. The van der Waals surface area contributed by atoms with Crippen molar-refractivity contribution in [2.75, 3.05) is 0 Å². The zero-order valence-electron chi connectivity index (χ0n) is 7.90. The number of aromatic amines is 1. The number of hydrogen-bond acceptors (Lipinski definition) is 4. The van der Waals surface area contributed by atoms with Crippen LogP contribution in [0, 0.1) is 6.92 Å². The van der Waals surface area contributed by atoms with Crippen LogP contribution < -0.4 is 5.56 Å². The molecule has 14 heavy (non-hydrogen) atoms. The SMILES string of the molecule is CCc1nc2[nH]c(=O)c(C)c(O)n2n1. The van der Waals surface area contributed by atoms with Gasteiger partial charge in [-0.15, -0.1) is 5.10 Å². The van der Waals surface area contributed by atoms with Crippen LogP contribution in [-0.2, 0) is 6.42 Å². The third-order valence-electron chi connectivity index (χ3n) is 2.07. The van der Waals surface area contributed by atoms with Crippen LogP contribution in [-0.4, -0.2) is 24.7 Å². The summed E-state index contributed by atoms with van der Waals surface area (Å²) in [6, 6.07) is 0. The first-order chi connectivity index (χ1) is 6.63. The number of aryl methyl sites for hydroxylation is 1. The molecule has 0 aliphatic carbocycles. The summed E-state index contributed by atoms with van der Waals surface area (Å²) >= 11 is 0. The maximum Gasteiger partial charge on any atom is 0.259 e. The molecule has 0 saturated heterocycles. The fourth-order valence-electron chi connectivity index (χ4n) is 1.19. The van der Waals surface area contributed by atoms with Crippen molar-refractivity contribution in [3.05, 3.63) is 21.7 Å². The standard InChI is InChI=1S/C8H10N4O2/c1-3-5-9-8-10-6(13)4(2)7(14)12(8)11-5/h14H,3H2,1-2H3,(H,9,10,11,13). The van der Waals surface area contributed by atoms with Crippen molar-refractivity contribution in [3.8, 4) is 5.88 Å². The smallest absolute Gasteiger partial charge is 0.259 e. The normalized spacial score (nSPS) is 11.0. The highest BCUT2D eigenvalue weighted by Crippen LogP contribution is 2.11. The van der Waals surface area contributed by atoms with Gasteiger partial charge in [-0.2, -0.15) is 9.50 Å². The first-order valence-corrected chi connectivity index (χ1v) is 4.31. The van der Waals surface area contributed by atoms with E-state index in [0.717, 1.165) is 0 Å². The number of hydrogen-bond donors (Lipinski definition) is 2. The molecule has 0 radical (unpaired) electrons. The number of nitrogens with one attached hydrogen (secondary N) is 1. The minimum Gasteiger partial charge on any atom is -0.493 e. The van der Waals surface area contributed by atoms with Gasteiger partial charge < -0.3 is 5.11 Å². The van der Waals surface area contributed by atoms with E-state index >= 15 is 0 Å². The maximum atomic E-state index is 11.3. The molecule has 0 bridgehead atoms. The molecular formula is C8H10N4O2. The lowest BCUT2D eigenvalue weighted by molar-refractivity contribution is 0.429. The summed E-state index contributed by atoms with van der Waals surface area (Å²) in [7, 11) is 0. The van der Waals surface area contributed by atoms with Crippen molar-refractivity contribution >= 4 is 5.78 Å². The van der Waals surface area contributed by atoms with Crippen molar-refractivity contribution in [3.63, 3.8) is 0 Å². The van der Waals surface area contributed by atoms with Crippen molar-refractivity contribution in [1.29, 1.82) is 0 Å². The average Bonchev–Trinajstić information content (AvgIpc) is 2.57. The van der Waals surface area contributed by atoms with Crippen molar-refractivity contribution in [2.24, 2.45) is 0 Å². The molecule has 0 aliphatic heterocycles. The lowest BCUT2D eigenvalue weighted by atomic mass is 10.4. The lowest BCUT2D eigenvalue weighted by Gasteiger charge is -1.97. The molecule has 2 aromatic heterocycles. The molecule has 0 saturated carbocycles. The zero-order valence-corrected chi connectivity index (χ0v) is 7.90. The van der Waals surface area contributed by atoms with Gasteiger partial charge in [0.2, 0.25) is 11.7 Å². The molecule has 0 unspecified atom stereocenters. The Hall–Kier alpha value is -1.85. The second-order valence-electron chi connectivity index (χ2n) is 3.02. The molecule has 2 aromatic rings. The predicted octanol–water partition coefficient (Wildman–Crippen LogP) is -0.00598. The average molecular weight is 194 g/mol. The quantitative estimate of drug-likeness (QED) is 0.669. The summed E-state index contributed by atoms with van der Waals surface area (Å²) in [4.78, 5) is 17.8. The van der Waals surface area contributed by atoms with E-state index in [1.165, 1.54) is 11.4 Å². The number of aromatic hydroxyl groups is 1. The van der Waals surface area contributed by atoms with Crippen LogP contribution in [0.1, 0.15) is 18.3 Å². The molecule has 0 aliphatic rings. The summed E-state index contributed by atoms with van der Waals surface area (Å²) in [6.07, 6.45) is 0.655. The number of H-pyrrole nitrogens is 1. The van der Waals surface area contributed by atoms with Gasteiger partial charge in [0, 0.05) is 6.42 Å². The van der Waals surface area contributed by atoms with Crippen LogP contribution >= 0.6 is 0 Å². The molecule has 6 heteroatoms. The minimum absolute atomic E-state index is 0.157. The number of nitrogens with zero attached hydrogens (tertiary/aromatic N) is 3. The highest BCUT2D eigenvalue weighted by molar-refractivity contribution is 5.35. The Morgan fingerprint density at radius 2 is 2.29 bits per heavy atom. The van der Waals surface area contributed by atoms with Gasteiger partial charge in [0.15, 0.2) is 5.82 Å². The minimum atomic E-state index is -0.343. The van der Waals surface area contributed by atoms with E-state index in [0.29, 0.717) is 12.2 Å². The monoisotopic (exact) mass is 194 g/mol. The van der Waals surface area contributed by atoms with E-state index in [1.54, 1.807) is 0 Å². The van der Waals surface area contributed by atoms with Gasteiger partial charge in [0.05, 0.1) is 5.56 Å². The molecule has 0 fully saturated rings. The fraction of sp³-hybridized carbons (Fsp3) is 0.375. The van der Waals surface area contributed by atoms with Gasteiger partial charge in [0.1, 0.15) is 0 Å². The molecule has 74 valence electrons. The second-order valence-corrected chi connectivity index (χ2v) is 3.02. The highest BCUT2D eigenvalue weighted by Gasteiger charge is 2.10. The van der Waals surface area contributed by atoms with Gasteiger partial charge in [-0.3, -0.25) is 9.78 Å². The van der Waals surface area contributed by atoms with Crippen LogP contribution in [0.4, 0.5) is 0 Å². The molecule has 2 N–H and O–H groups in total. The second kappa shape index (κ2) is 2.83. The summed E-state index contributed by atoms with van der Waals surface area (Å²) in [5, 5.41) is 13.6. The van der Waals surface area contributed by atoms with E-state index in [4.69, 9.17) is 0 Å². The van der Waals surface area contributed by atoms with E-state index in [1.807, 2.05) is 6.92 Å². The van der Waals surface area contributed by atoms with Crippen LogP contribution in [0.15, 0.2) is 4.79 Å². The Labute approximate surface area is 79.2 Å². The van der Waals surface area contributed by atoms with Crippen molar-refractivity contribution in [1.82, 2.24) is 19.6 Å². The summed E-state index contributed by atoms with van der Waals surface area (Å²) in [6.45, 7) is 3.43. The summed E-state index contributed by atoms with van der Waals surface area (Å²) in [5.74, 6) is 0.701. The molecular weight excluding hydrogens is 184 g/mol. The van der Waals surface area contributed by atoms with Gasteiger partial charge >= 0.3 is 0 Å². The third-order valence-corrected chi connectivity index (χ3v) is 2.07. The van der Waals surface area contributed by atoms with Gasteiger partial charge in [-0.1, -0.05) is 6.92 Å². The molecule has 2 heterocycles. The number of aromatic nitrogens is 4. The molecule has 6 nitrogen and oxygen atoms in total. The van der Waals surface area contributed by atoms with Crippen LogP contribution in [0.5, 0.6) is 5.88 Å². The summed E-state index contributed by atoms with van der Waals surface area (Å²) < 4.78 is 1.23. The molecule has 2 rings (SSSR count). The zero-order chi connectivity index (χ0) is 10.3. The Morgan fingerprint density at radius 3 is 2.93 bits per heavy atom. The Balaban J connectivity index is 2.87. The van der Waals surface area contributed by atoms with Crippen LogP contribution in [0.25, 0.3) is 5.78 Å². The third kappa shape index (κ3) is 1.07. The van der Waals surface area contributed by atoms with Crippen LogP contribution in [0.3, 0.4) is 0 Å². The van der Waals surface area contributed by atoms with Gasteiger partial charge in [0.25, 0.3) is 5.56 Å². The first kappa shape index (κ1) is 8.74. The largest absolute Gasteiger partial charge is 0.493 e. The van der Waals surface area contributed by atoms with E-state index in [2.05, 4.69) is 15.1 Å². The Kier molecular flexibility index (Phi) is 1.77. The van der Waals surface area contributed by atoms with E-state index in [-0.39, 0.29) is 22.8 Å². The van der Waals surface area contributed by atoms with Crippen molar-refractivity contribution < 1.29 is 5.11 Å². The van der Waals surface area contributed by atoms with Crippen LogP contribution in [0.2, 0.25) is 0 Å². The topological polar surface area (TPSA) is 83.3 Å². The Morgan fingerprint density at radius 1 is 1.57 bits per heavy atom. The summed E-state index contributed by atoms with van der Waals surface area (Å²) in [5.41, 5.74) is -0.102. The molecule has 0 amide bonds. The Bertz CT molecular complexity index is 540. The van der Waals surface area contributed by atoms with E-state index in [9.17, 15) is 9.90 Å². The lowest BCUT2D eigenvalue weighted by Crippen LogP contribution is -2.12. The van der Waals surface area contributed by atoms with E-state index < -0.39 is 0 Å². The fourth-order valence-corrected chi connectivity index (χ4v) is 1.19. The highest BCUT2D eigenvalue weighted by atomic mass is 16.3. The molecule has 0 spiro atoms. The molecule has 0 atom stereocenters. The predicted molar refractivity (Wildman–Crippen MR) is 49.4 cm³/mol.